The van der Waals surface area contributed by atoms with Gasteiger partial charge in [-0.3, -0.25) is 9.59 Å². The Labute approximate surface area is 218 Å². The van der Waals surface area contributed by atoms with Crippen molar-refractivity contribution in [3.8, 4) is 34.3 Å². The maximum Gasteiger partial charge on any atom is 0.231 e. The predicted octanol–water partition coefficient (Wildman–Crippen LogP) is 5.13. The Balaban J connectivity index is 1.55. The summed E-state index contributed by atoms with van der Waals surface area (Å²) < 4.78 is 17.3. The number of benzene rings is 3. The van der Waals surface area contributed by atoms with E-state index in [4.69, 9.17) is 13.9 Å². The number of carbonyl (C=O) groups excluding carboxylic acids is 1. The molecule has 8 heteroatoms. The van der Waals surface area contributed by atoms with Crippen LogP contribution in [0.5, 0.6) is 23.0 Å². The van der Waals surface area contributed by atoms with Crippen molar-refractivity contribution in [2.24, 2.45) is 0 Å². The third-order valence-electron chi connectivity index (χ3n) is 7.29. The molecule has 1 unspecified atom stereocenters. The molecule has 0 saturated carbocycles. The standard InChI is InChI=1S/C30H27NO7/c32-21-15-22(33)29-23(34)16-25(18-7-3-1-4-8-18)38-30(29)28(21)20(14-27(35)31-11-5-2-6-12-31)19-9-10-24-26(13-19)37-17-36-24/h1,3-4,7-10,13,15-16,20,32-33H,2,5-6,11-12,14,17H2. The highest BCUT2D eigenvalue weighted by molar-refractivity contribution is 5.91. The van der Waals surface area contributed by atoms with E-state index in [1.54, 1.807) is 12.1 Å². The molecule has 3 heterocycles. The van der Waals surface area contributed by atoms with E-state index >= 15 is 0 Å². The van der Waals surface area contributed by atoms with Gasteiger partial charge in [0, 0.05) is 48.7 Å². The first-order valence-electron chi connectivity index (χ1n) is 12.7. The van der Waals surface area contributed by atoms with Crippen molar-refractivity contribution in [3.05, 3.63) is 82.0 Å². The number of hydrogen-bond acceptors (Lipinski definition) is 7. The van der Waals surface area contributed by atoms with Crippen molar-refractivity contribution in [3.63, 3.8) is 0 Å². The summed E-state index contributed by atoms with van der Waals surface area (Å²) in [6.45, 7) is 1.46. The first-order valence-corrected chi connectivity index (χ1v) is 12.7. The number of fused-ring (bicyclic) bond motifs is 2. The number of rotatable bonds is 5. The lowest BCUT2D eigenvalue weighted by molar-refractivity contribution is -0.132. The van der Waals surface area contributed by atoms with Crippen LogP contribution in [-0.2, 0) is 4.79 Å². The van der Waals surface area contributed by atoms with Gasteiger partial charge in [0.1, 0.15) is 28.2 Å². The number of phenols is 2. The van der Waals surface area contributed by atoms with E-state index in [9.17, 15) is 19.8 Å². The molecule has 2 aliphatic rings. The highest BCUT2D eigenvalue weighted by Gasteiger charge is 2.31. The Hall–Kier alpha value is -4.46. The summed E-state index contributed by atoms with van der Waals surface area (Å²) in [6.07, 6.45) is 3.02. The average Bonchev–Trinajstić information content (AvgIpc) is 3.41. The Morgan fingerprint density at radius 3 is 2.45 bits per heavy atom. The van der Waals surface area contributed by atoms with Crippen molar-refractivity contribution in [2.45, 2.75) is 31.6 Å². The van der Waals surface area contributed by atoms with Crippen LogP contribution in [-0.4, -0.2) is 40.9 Å². The first kappa shape index (κ1) is 23.9. The molecule has 1 aromatic heterocycles. The minimum Gasteiger partial charge on any atom is -0.507 e. The third-order valence-corrected chi connectivity index (χ3v) is 7.29. The van der Waals surface area contributed by atoms with Crippen LogP contribution in [0.2, 0.25) is 0 Å². The van der Waals surface area contributed by atoms with Crippen molar-refractivity contribution in [1.82, 2.24) is 4.90 Å². The predicted molar refractivity (Wildman–Crippen MR) is 141 cm³/mol. The zero-order valence-electron chi connectivity index (χ0n) is 20.7. The molecule has 2 N–H and O–H groups in total. The topological polar surface area (TPSA) is 109 Å². The maximum atomic E-state index is 13.5. The molecule has 0 aliphatic carbocycles. The summed E-state index contributed by atoms with van der Waals surface area (Å²) in [7, 11) is 0. The molecular formula is C30H27NO7. The number of phenolic OH excluding ortho intramolecular Hbond substituents is 2. The fourth-order valence-corrected chi connectivity index (χ4v) is 5.37. The molecule has 6 rings (SSSR count). The van der Waals surface area contributed by atoms with Gasteiger partial charge < -0.3 is 29.0 Å². The van der Waals surface area contributed by atoms with Crippen LogP contribution in [0.1, 0.15) is 42.7 Å². The van der Waals surface area contributed by atoms with E-state index in [2.05, 4.69) is 0 Å². The average molecular weight is 514 g/mol. The first-order chi connectivity index (χ1) is 18.5. The van der Waals surface area contributed by atoms with Crippen LogP contribution in [0.15, 0.2) is 69.9 Å². The van der Waals surface area contributed by atoms with Gasteiger partial charge in [-0.05, 0) is 37.0 Å². The largest absolute Gasteiger partial charge is 0.507 e. The fraction of sp³-hybridized carbons (Fsp3) is 0.267. The Morgan fingerprint density at radius 1 is 0.895 bits per heavy atom. The molecule has 38 heavy (non-hydrogen) atoms. The van der Waals surface area contributed by atoms with E-state index in [-0.39, 0.29) is 47.2 Å². The molecule has 1 fully saturated rings. The van der Waals surface area contributed by atoms with Gasteiger partial charge in [0.05, 0.1) is 0 Å². The smallest absolute Gasteiger partial charge is 0.231 e. The summed E-state index contributed by atoms with van der Waals surface area (Å²) in [4.78, 5) is 28.6. The van der Waals surface area contributed by atoms with Crippen molar-refractivity contribution in [2.75, 3.05) is 19.9 Å². The van der Waals surface area contributed by atoms with Gasteiger partial charge in [0.25, 0.3) is 0 Å². The van der Waals surface area contributed by atoms with Gasteiger partial charge in [-0.2, -0.15) is 0 Å². The lowest BCUT2D eigenvalue weighted by Crippen LogP contribution is -2.36. The fourth-order valence-electron chi connectivity index (χ4n) is 5.37. The monoisotopic (exact) mass is 513 g/mol. The molecule has 1 amide bonds. The highest BCUT2D eigenvalue weighted by Crippen LogP contribution is 2.45. The summed E-state index contributed by atoms with van der Waals surface area (Å²) >= 11 is 0. The van der Waals surface area contributed by atoms with Gasteiger partial charge in [0.2, 0.25) is 12.7 Å². The van der Waals surface area contributed by atoms with Crippen LogP contribution in [0.25, 0.3) is 22.3 Å². The molecule has 1 atom stereocenters. The molecule has 8 nitrogen and oxygen atoms in total. The van der Waals surface area contributed by atoms with Gasteiger partial charge in [-0.15, -0.1) is 0 Å². The van der Waals surface area contributed by atoms with E-state index in [1.165, 1.54) is 6.07 Å². The Morgan fingerprint density at radius 2 is 1.66 bits per heavy atom. The lowest BCUT2D eigenvalue weighted by atomic mass is 9.85. The molecule has 0 bridgehead atoms. The van der Waals surface area contributed by atoms with Crippen LogP contribution < -0.4 is 14.9 Å². The molecule has 4 aromatic rings. The number of carbonyl (C=O) groups is 1. The second-order valence-corrected chi connectivity index (χ2v) is 9.68. The van der Waals surface area contributed by atoms with E-state index in [0.29, 0.717) is 41.5 Å². The Kier molecular flexibility index (Phi) is 6.15. The minimum absolute atomic E-state index is 0.0341. The number of amides is 1. The molecule has 0 spiro atoms. The summed E-state index contributed by atoms with van der Waals surface area (Å²) in [5, 5.41) is 21.8. The second-order valence-electron chi connectivity index (χ2n) is 9.68. The van der Waals surface area contributed by atoms with E-state index < -0.39 is 11.3 Å². The maximum absolute atomic E-state index is 13.5. The van der Waals surface area contributed by atoms with Gasteiger partial charge in [-0.25, -0.2) is 0 Å². The third kappa shape index (κ3) is 4.32. The number of likely N-dealkylation sites (tertiary alicyclic amines) is 1. The minimum atomic E-state index is -0.684. The van der Waals surface area contributed by atoms with Crippen LogP contribution in [0.4, 0.5) is 0 Å². The number of aromatic hydroxyl groups is 2. The van der Waals surface area contributed by atoms with Gasteiger partial charge >= 0.3 is 0 Å². The lowest BCUT2D eigenvalue weighted by Gasteiger charge is -2.29. The number of ether oxygens (including phenoxy) is 2. The van der Waals surface area contributed by atoms with Crippen molar-refractivity contribution >= 4 is 16.9 Å². The van der Waals surface area contributed by atoms with Crippen LogP contribution in [0, 0.1) is 0 Å². The van der Waals surface area contributed by atoms with E-state index in [1.807, 2.05) is 41.3 Å². The molecule has 0 radical (unpaired) electrons. The highest BCUT2D eigenvalue weighted by atomic mass is 16.7. The normalized spacial score (nSPS) is 15.5. The van der Waals surface area contributed by atoms with Gasteiger partial charge in [-0.1, -0.05) is 36.4 Å². The number of hydrogen-bond donors (Lipinski definition) is 2. The van der Waals surface area contributed by atoms with Gasteiger partial charge in [0.15, 0.2) is 16.9 Å². The Bertz CT molecular complexity index is 1570. The van der Waals surface area contributed by atoms with Crippen molar-refractivity contribution in [1.29, 1.82) is 0 Å². The molecule has 194 valence electrons. The summed E-state index contributed by atoms with van der Waals surface area (Å²) in [6, 6.07) is 17.0. The van der Waals surface area contributed by atoms with Crippen LogP contribution in [0.3, 0.4) is 0 Å². The quantitative estimate of drug-likeness (QED) is 0.381. The molecule has 1 saturated heterocycles. The zero-order chi connectivity index (χ0) is 26.2. The van der Waals surface area contributed by atoms with Crippen LogP contribution >= 0.6 is 0 Å². The second kappa shape index (κ2) is 9.78. The van der Waals surface area contributed by atoms with E-state index in [0.717, 1.165) is 25.3 Å². The molecule has 3 aromatic carbocycles. The number of piperidine rings is 1. The summed E-state index contributed by atoms with van der Waals surface area (Å²) in [5.41, 5.74) is 1.22. The summed E-state index contributed by atoms with van der Waals surface area (Å²) in [5.74, 6) is 0.0187. The number of nitrogens with zero attached hydrogens (tertiary/aromatic N) is 1. The zero-order valence-corrected chi connectivity index (χ0v) is 20.7. The molecular weight excluding hydrogens is 486 g/mol. The SMILES string of the molecule is O=C(CC(c1ccc2c(c1)OCO2)c1c(O)cc(O)c2c(=O)cc(-c3ccccc3)oc12)N1CCCCC1. The van der Waals surface area contributed by atoms with Crippen molar-refractivity contribution < 1.29 is 28.9 Å². The molecule has 2 aliphatic heterocycles.